The van der Waals surface area contributed by atoms with Crippen molar-refractivity contribution in [2.45, 2.75) is 220 Å². The maximum absolute atomic E-state index is 14.7. The van der Waals surface area contributed by atoms with Crippen LogP contribution in [-0.4, -0.2) is 282 Å². The smallest absolute Gasteiger partial charge is 0.328 e. The van der Waals surface area contributed by atoms with Crippen molar-refractivity contribution >= 4 is 71.5 Å². The van der Waals surface area contributed by atoms with E-state index in [2.05, 4.69) is 0 Å². The summed E-state index contributed by atoms with van der Waals surface area (Å²) in [6.45, 7) is 22.6. The number of nitrogens with zero attached hydrogens (tertiary/aromatic N) is 6. The molecule has 0 spiro atoms. The number of unbranched alkanes of at least 4 members (excludes halogenated alkanes) is 2. The number of β-amino-alcohol motifs (C(OH)–C–C–N with tert-alkyl or cyclic N) is 1. The van der Waals surface area contributed by atoms with E-state index in [4.69, 9.17) is 38.6 Å². The molecule has 89 heavy (non-hydrogen) atoms. The zero-order valence-corrected chi connectivity index (χ0v) is 54.8. The van der Waals surface area contributed by atoms with E-state index in [9.17, 15) is 78.0 Å². The molecule has 0 unspecified atom stereocenters. The second kappa shape index (κ2) is 35.7. The first-order valence-corrected chi connectivity index (χ1v) is 29.5. The highest BCUT2D eigenvalue weighted by atomic mass is 16.6. The maximum atomic E-state index is 14.7. The number of ether oxygens (including phenoxy) is 6. The van der Waals surface area contributed by atoms with Crippen molar-refractivity contribution in [2.75, 3.05) is 85.6 Å². The minimum atomic E-state index is -1.41. The molecule has 2 rings (SSSR count). The van der Waals surface area contributed by atoms with Crippen LogP contribution in [0.2, 0.25) is 0 Å². The summed E-state index contributed by atoms with van der Waals surface area (Å²) in [5.41, 5.74) is -3.72. The van der Waals surface area contributed by atoms with Crippen LogP contribution in [0.25, 0.3) is 0 Å². The molecule has 0 aromatic carbocycles. The third-order valence-corrected chi connectivity index (χ3v) is 12.7. The number of aliphatic carboxylic acids is 5. The van der Waals surface area contributed by atoms with Gasteiger partial charge in [0.05, 0.1) is 89.4 Å². The van der Waals surface area contributed by atoms with E-state index in [0.717, 1.165) is 14.7 Å². The minimum Gasteiger partial charge on any atom is -0.480 e. The third-order valence-electron chi connectivity index (χ3n) is 12.7. The average molecular weight is 1280 g/mol. The molecule has 0 aliphatic carbocycles. The average Bonchev–Trinajstić information content (AvgIpc) is 1.93. The topological polar surface area (TPSA) is 401 Å². The number of carboxylic acids is 5. The summed E-state index contributed by atoms with van der Waals surface area (Å²) in [6.07, 6.45) is -0.494. The van der Waals surface area contributed by atoms with Gasteiger partial charge in [0.15, 0.2) is 0 Å². The number of rotatable bonds is 33. The summed E-state index contributed by atoms with van der Waals surface area (Å²) < 4.78 is 33.5. The molecule has 510 valence electrons. The Balaban J connectivity index is 0.000000995. The van der Waals surface area contributed by atoms with E-state index in [1.807, 2.05) is 20.8 Å². The van der Waals surface area contributed by atoms with Crippen LogP contribution in [-0.2, 0) is 86.0 Å². The van der Waals surface area contributed by atoms with Gasteiger partial charge >= 0.3 is 59.7 Å². The molecule has 0 bridgehead atoms. The lowest BCUT2D eigenvalue weighted by atomic mass is 10.0. The van der Waals surface area contributed by atoms with Crippen LogP contribution in [0.5, 0.6) is 0 Å². The number of carbonyl (C=O) groups excluding carboxylic acids is 7. The van der Waals surface area contributed by atoms with Crippen molar-refractivity contribution < 1.29 is 117 Å². The highest BCUT2D eigenvalue weighted by Gasteiger charge is 2.47. The Labute approximate surface area is 521 Å². The van der Waals surface area contributed by atoms with Crippen molar-refractivity contribution in [1.29, 1.82) is 0 Å². The first-order chi connectivity index (χ1) is 40.6. The third kappa shape index (κ3) is 34.3. The van der Waals surface area contributed by atoms with Gasteiger partial charge in [-0.15, -0.1) is 0 Å². The van der Waals surface area contributed by atoms with E-state index in [1.54, 1.807) is 88.0 Å². The summed E-state index contributed by atoms with van der Waals surface area (Å²) >= 11 is 0. The van der Waals surface area contributed by atoms with E-state index in [0.29, 0.717) is 12.8 Å². The molecule has 2 saturated heterocycles. The molecule has 2 heterocycles. The van der Waals surface area contributed by atoms with Gasteiger partial charge in [-0.1, -0.05) is 12.8 Å². The lowest BCUT2D eigenvalue weighted by Gasteiger charge is -2.35. The molecule has 2 fully saturated rings. The normalized spacial score (nSPS) is 18.0. The second-order valence-electron chi connectivity index (χ2n) is 27.0. The number of hydrogen-bond acceptors (Lipinski definition) is 23. The SMILES string of the molecule is COC(=O)[C@@H]1C[C@@H](OC(C)(C)C)CN1C(=O)[C@H](CCCCN(CC(=O)OC(C)(C)C)CC(=O)OC(C)(C)C)N(CC(=O)OC(C)(C)C)CC(=O)OC(C)(C)C.O=C(O)CN(CCCC[C@@H](C(=O)N1C[C@H](O)C[C@H]1C(=O)O)N(CC(=O)O)CC(=O)O)CC(=O)O. The lowest BCUT2D eigenvalue weighted by molar-refractivity contribution is -0.164. The molecule has 0 saturated carbocycles. The Kier molecular flexibility index (Phi) is 32.3. The standard InChI is InChI=1S/C40H71N3O12.C19H29N3O12/c1-36(2,3)51-27-21-29(35(49)50-16)43(22-27)34(48)28(42(25-32(46)54-39(10,11)12)26-33(47)55-40(13,14)15)19-17-18-20-41(23-30(44)52-37(4,5)6)24-31(45)53-38(7,8)9;23-11-5-13(19(33)34)22(6-11)18(32)12(21(9-16(28)29)10-17(30)31)3-1-2-4-20(7-14(24)25)8-15(26)27/h27-29H,17-26H2,1-16H3;11-13,23H,1-10H2,(H,24,25)(H,26,27)(H,28,29)(H,30,31)(H,33,34)/t27-,28+,29+;11-,12+,13+/m11/s1. The number of amides is 2. The summed E-state index contributed by atoms with van der Waals surface area (Å²) in [7, 11) is 1.25. The number of likely N-dealkylation sites (tertiary alicyclic amines) is 2. The summed E-state index contributed by atoms with van der Waals surface area (Å²) in [5, 5.41) is 55.4. The molecule has 6 atom stereocenters. The fraction of sp³-hybridized carbons (Fsp3) is 0.797. The molecule has 6 N–H and O–H groups in total. The van der Waals surface area contributed by atoms with Crippen LogP contribution >= 0.6 is 0 Å². The van der Waals surface area contributed by atoms with Crippen LogP contribution < -0.4 is 0 Å². The molecule has 2 aliphatic heterocycles. The predicted octanol–water partition coefficient (Wildman–Crippen LogP) is 1.97. The highest BCUT2D eigenvalue weighted by molar-refractivity contribution is 5.90. The van der Waals surface area contributed by atoms with Crippen molar-refractivity contribution in [2.24, 2.45) is 0 Å². The highest BCUT2D eigenvalue weighted by Crippen LogP contribution is 2.29. The number of aliphatic hydroxyl groups excluding tert-OH is 1. The number of aliphatic hydroxyl groups is 1. The van der Waals surface area contributed by atoms with E-state index in [-0.39, 0.29) is 77.8 Å². The minimum absolute atomic E-state index is 0.0253. The predicted molar refractivity (Wildman–Crippen MR) is 316 cm³/mol. The van der Waals surface area contributed by atoms with Crippen molar-refractivity contribution in [3.63, 3.8) is 0 Å². The van der Waals surface area contributed by atoms with Gasteiger partial charge < -0.3 is 68.9 Å². The quantitative estimate of drug-likeness (QED) is 0.0311. The Morgan fingerprint density at radius 3 is 1.10 bits per heavy atom. The fourth-order valence-corrected chi connectivity index (χ4v) is 9.83. The molecule has 2 amide bonds. The molecular weight excluding hydrogens is 1180 g/mol. The molecule has 0 radical (unpaired) electrons. The molecule has 0 aromatic rings. The van der Waals surface area contributed by atoms with Crippen LogP contribution in [0.4, 0.5) is 0 Å². The van der Waals surface area contributed by atoms with Gasteiger partial charge in [0.25, 0.3) is 0 Å². The van der Waals surface area contributed by atoms with Crippen molar-refractivity contribution in [3.8, 4) is 0 Å². The van der Waals surface area contributed by atoms with E-state index >= 15 is 0 Å². The molecule has 0 aromatic heterocycles. The van der Waals surface area contributed by atoms with Crippen LogP contribution in [0.15, 0.2) is 0 Å². The molecule has 30 heteroatoms. The van der Waals surface area contributed by atoms with Gasteiger partial charge in [-0.3, -0.25) is 67.5 Å². The van der Waals surface area contributed by atoms with Gasteiger partial charge in [0.1, 0.15) is 34.5 Å². The molecule has 30 nitrogen and oxygen atoms in total. The largest absolute Gasteiger partial charge is 0.480 e. The van der Waals surface area contributed by atoms with Crippen LogP contribution in [0, 0.1) is 0 Å². The van der Waals surface area contributed by atoms with Gasteiger partial charge in [-0.25, -0.2) is 9.59 Å². The van der Waals surface area contributed by atoms with Gasteiger partial charge in [0, 0.05) is 25.9 Å². The lowest BCUT2D eigenvalue weighted by Crippen LogP contribution is -2.55. The monoisotopic (exact) mass is 1280 g/mol. The number of methoxy groups -OCH3 is 1. The van der Waals surface area contributed by atoms with E-state index in [1.165, 1.54) is 16.9 Å². The molecular formula is C59H100N6O24. The van der Waals surface area contributed by atoms with Crippen LogP contribution in [0.1, 0.15) is 155 Å². The van der Waals surface area contributed by atoms with Gasteiger partial charge in [0.2, 0.25) is 11.8 Å². The van der Waals surface area contributed by atoms with Gasteiger partial charge in [-0.2, -0.15) is 0 Å². The summed E-state index contributed by atoms with van der Waals surface area (Å²) in [4.78, 5) is 156. The number of esters is 5. The summed E-state index contributed by atoms with van der Waals surface area (Å²) in [6, 6.07) is -4.75. The Hall–Kier alpha value is -6.60. The second-order valence-corrected chi connectivity index (χ2v) is 27.0. The number of hydrogen-bond donors (Lipinski definition) is 6. The van der Waals surface area contributed by atoms with E-state index < -0.39 is 175 Å². The maximum Gasteiger partial charge on any atom is 0.328 e. The number of carboxylic acid groups (broad SMARTS) is 5. The first-order valence-electron chi connectivity index (χ1n) is 29.5. The zero-order valence-electron chi connectivity index (χ0n) is 54.8. The van der Waals surface area contributed by atoms with Crippen LogP contribution in [0.3, 0.4) is 0 Å². The zero-order chi connectivity index (χ0) is 68.7. The Morgan fingerprint density at radius 1 is 0.438 bits per heavy atom. The number of carbonyl (C=O) groups is 12. The van der Waals surface area contributed by atoms with Crippen molar-refractivity contribution in [1.82, 2.24) is 29.4 Å². The summed E-state index contributed by atoms with van der Waals surface area (Å²) in [5.74, 6) is -11.0. The fourth-order valence-electron chi connectivity index (χ4n) is 9.83. The first kappa shape index (κ1) is 80.4. The Morgan fingerprint density at radius 2 is 0.775 bits per heavy atom. The molecule has 2 aliphatic rings. The van der Waals surface area contributed by atoms with Gasteiger partial charge in [-0.05, 0) is 143 Å². The Bertz CT molecular complexity index is 2330. The van der Waals surface area contributed by atoms with Crippen molar-refractivity contribution in [3.05, 3.63) is 0 Å².